The second-order valence-electron chi connectivity index (χ2n) is 4.56. The molecule has 21 heavy (non-hydrogen) atoms. The van der Waals surface area contributed by atoms with E-state index in [1.165, 1.54) is 0 Å². The summed E-state index contributed by atoms with van der Waals surface area (Å²) in [5, 5.41) is 24.6. The Morgan fingerprint density at radius 1 is 1.10 bits per heavy atom. The van der Waals surface area contributed by atoms with Gasteiger partial charge < -0.3 is 20.8 Å². The van der Waals surface area contributed by atoms with E-state index in [2.05, 4.69) is 10.6 Å². The third-order valence-electron chi connectivity index (χ3n) is 3.03. The van der Waals surface area contributed by atoms with Gasteiger partial charge >= 0.3 is 12.0 Å². The molecule has 0 spiro atoms. The molecular weight excluding hydrogens is 272 g/mol. The number of carbonyl (C=O) groups is 2. The highest BCUT2D eigenvalue weighted by Crippen LogP contribution is 2.18. The first kappa shape index (κ1) is 14.8. The molecule has 0 aliphatic rings. The van der Waals surface area contributed by atoms with E-state index in [1.807, 2.05) is 30.3 Å². The molecule has 0 bridgehead atoms. The molecule has 0 unspecified atom stereocenters. The van der Waals surface area contributed by atoms with Crippen LogP contribution in [0.3, 0.4) is 0 Å². The minimum Gasteiger partial charge on any atom is -0.480 e. The number of aliphatic hydroxyl groups excluding tert-OH is 1. The molecular formula is C15H16N2O4. The van der Waals surface area contributed by atoms with Crippen molar-refractivity contribution in [3.8, 4) is 0 Å². The maximum atomic E-state index is 11.8. The molecule has 6 heteroatoms. The number of aliphatic carboxylic acids is 1. The second kappa shape index (κ2) is 6.71. The van der Waals surface area contributed by atoms with Crippen LogP contribution in [0.25, 0.3) is 10.8 Å². The van der Waals surface area contributed by atoms with Gasteiger partial charge in [0.2, 0.25) is 0 Å². The largest absolute Gasteiger partial charge is 0.480 e. The molecule has 0 saturated carbocycles. The first-order chi connectivity index (χ1) is 10.1. The molecule has 0 aliphatic heterocycles. The van der Waals surface area contributed by atoms with Crippen LogP contribution in [-0.4, -0.2) is 34.9 Å². The number of carboxylic acids is 1. The molecule has 110 valence electrons. The molecule has 2 amide bonds. The van der Waals surface area contributed by atoms with Gasteiger partial charge in [-0.1, -0.05) is 30.3 Å². The van der Waals surface area contributed by atoms with Gasteiger partial charge in [0.15, 0.2) is 0 Å². The van der Waals surface area contributed by atoms with Crippen LogP contribution in [0.4, 0.5) is 10.5 Å². The van der Waals surface area contributed by atoms with Crippen molar-refractivity contribution in [1.82, 2.24) is 5.32 Å². The molecule has 0 heterocycles. The summed E-state index contributed by atoms with van der Waals surface area (Å²) in [4.78, 5) is 22.7. The smallest absolute Gasteiger partial charge is 0.326 e. The van der Waals surface area contributed by atoms with Gasteiger partial charge in [0.25, 0.3) is 0 Å². The van der Waals surface area contributed by atoms with Crippen molar-refractivity contribution >= 4 is 28.5 Å². The fourth-order valence-electron chi connectivity index (χ4n) is 1.98. The third-order valence-corrected chi connectivity index (χ3v) is 3.03. The summed E-state index contributed by atoms with van der Waals surface area (Å²) >= 11 is 0. The number of urea groups is 1. The fraction of sp³-hybridized carbons (Fsp3) is 0.200. The summed E-state index contributed by atoms with van der Waals surface area (Å²) < 4.78 is 0. The lowest BCUT2D eigenvalue weighted by Gasteiger charge is -2.14. The highest BCUT2D eigenvalue weighted by molar-refractivity contribution is 5.95. The van der Waals surface area contributed by atoms with E-state index in [4.69, 9.17) is 10.2 Å². The molecule has 0 aromatic heterocycles. The van der Waals surface area contributed by atoms with E-state index >= 15 is 0 Å². The van der Waals surface area contributed by atoms with Crippen LogP contribution in [-0.2, 0) is 4.79 Å². The quantitative estimate of drug-likeness (QED) is 0.674. The Morgan fingerprint density at radius 3 is 2.48 bits per heavy atom. The molecule has 2 rings (SSSR count). The zero-order valence-electron chi connectivity index (χ0n) is 11.2. The van der Waals surface area contributed by atoms with E-state index in [0.29, 0.717) is 5.69 Å². The minimum atomic E-state index is -1.18. The monoisotopic (exact) mass is 288 g/mol. The number of benzene rings is 2. The number of carbonyl (C=O) groups excluding carboxylic acids is 1. The van der Waals surface area contributed by atoms with Gasteiger partial charge in [0.1, 0.15) is 6.04 Å². The molecule has 0 fully saturated rings. The standard InChI is InChI=1S/C15H16N2O4/c18-8-7-13(14(19)20)17-15(21)16-12-6-5-10-3-1-2-4-11(10)9-12/h1-6,9,13,18H,7-8H2,(H,19,20)(H2,16,17,21)/t13-/m1/s1. The number of carboxylic acid groups (broad SMARTS) is 1. The minimum absolute atomic E-state index is 0.0412. The number of nitrogens with one attached hydrogen (secondary N) is 2. The Morgan fingerprint density at radius 2 is 1.81 bits per heavy atom. The molecule has 6 nitrogen and oxygen atoms in total. The van der Waals surface area contributed by atoms with Crippen LogP contribution < -0.4 is 10.6 Å². The number of hydrogen-bond donors (Lipinski definition) is 4. The molecule has 0 radical (unpaired) electrons. The zero-order valence-corrected chi connectivity index (χ0v) is 11.2. The van der Waals surface area contributed by atoms with Crippen LogP contribution >= 0.6 is 0 Å². The Labute approximate surface area is 121 Å². The Balaban J connectivity index is 2.05. The third kappa shape index (κ3) is 3.93. The summed E-state index contributed by atoms with van der Waals surface area (Å²) in [5.41, 5.74) is 0.569. The van der Waals surface area contributed by atoms with E-state index in [1.54, 1.807) is 12.1 Å². The number of fused-ring (bicyclic) bond motifs is 1. The van der Waals surface area contributed by atoms with Crippen molar-refractivity contribution < 1.29 is 19.8 Å². The van der Waals surface area contributed by atoms with Crippen LogP contribution in [0.1, 0.15) is 6.42 Å². The van der Waals surface area contributed by atoms with Gasteiger partial charge in [-0.25, -0.2) is 9.59 Å². The predicted octanol–water partition coefficient (Wildman–Crippen LogP) is 1.80. The van der Waals surface area contributed by atoms with E-state index in [-0.39, 0.29) is 13.0 Å². The van der Waals surface area contributed by atoms with Gasteiger partial charge in [-0.3, -0.25) is 0 Å². The first-order valence-corrected chi connectivity index (χ1v) is 6.50. The topological polar surface area (TPSA) is 98.7 Å². The average molecular weight is 288 g/mol. The van der Waals surface area contributed by atoms with Gasteiger partial charge in [0, 0.05) is 18.7 Å². The van der Waals surface area contributed by atoms with Crippen molar-refractivity contribution in [3.63, 3.8) is 0 Å². The Kier molecular flexibility index (Phi) is 4.73. The average Bonchev–Trinajstić information content (AvgIpc) is 2.46. The van der Waals surface area contributed by atoms with Gasteiger partial charge in [-0.05, 0) is 22.9 Å². The van der Waals surface area contributed by atoms with Crippen molar-refractivity contribution in [1.29, 1.82) is 0 Å². The lowest BCUT2D eigenvalue weighted by Crippen LogP contribution is -2.43. The van der Waals surface area contributed by atoms with Crippen LogP contribution in [0.15, 0.2) is 42.5 Å². The summed E-state index contributed by atoms with van der Waals surface area (Å²) in [6.07, 6.45) is -0.0412. The van der Waals surface area contributed by atoms with Gasteiger partial charge in [-0.2, -0.15) is 0 Å². The van der Waals surface area contributed by atoms with Gasteiger partial charge in [0.05, 0.1) is 0 Å². The number of hydrogen-bond acceptors (Lipinski definition) is 3. The highest BCUT2D eigenvalue weighted by Gasteiger charge is 2.19. The summed E-state index contributed by atoms with van der Waals surface area (Å²) in [7, 11) is 0. The van der Waals surface area contributed by atoms with Crippen LogP contribution in [0, 0.1) is 0 Å². The molecule has 0 aliphatic carbocycles. The predicted molar refractivity (Wildman–Crippen MR) is 79.2 cm³/mol. The normalized spacial score (nSPS) is 11.9. The van der Waals surface area contributed by atoms with Crippen molar-refractivity contribution in [3.05, 3.63) is 42.5 Å². The number of rotatable bonds is 5. The number of aliphatic hydroxyl groups is 1. The highest BCUT2D eigenvalue weighted by atomic mass is 16.4. The molecule has 2 aromatic rings. The number of anilines is 1. The maximum absolute atomic E-state index is 11.8. The van der Waals surface area contributed by atoms with Crippen molar-refractivity contribution in [2.75, 3.05) is 11.9 Å². The second-order valence-corrected chi connectivity index (χ2v) is 4.56. The summed E-state index contributed by atoms with van der Waals surface area (Å²) in [6.45, 7) is -0.312. The molecule has 0 saturated heterocycles. The van der Waals surface area contributed by atoms with E-state index in [9.17, 15) is 9.59 Å². The zero-order chi connectivity index (χ0) is 15.2. The van der Waals surface area contributed by atoms with E-state index in [0.717, 1.165) is 10.8 Å². The Bertz CT molecular complexity index is 657. The Hall–Kier alpha value is -2.60. The van der Waals surface area contributed by atoms with Crippen molar-refractivity contribution in [2.45, 2.75) is 12.5 Å². The van der Waals surface area contributed by atoms with Crippen LogP contribution in [0.2, 0.25) is 0 Å². The molecule has 4 N–H and O–H groups in total. The lowest BCUT2D eigenvalue weighted by atomic mass is 10.1. The summed E-state index contributed by atoms with van der Waals surface area (Å²) in [5.74, 6) is -1.18. The van der Waals surface area contributed by atoms with E-state index < -0.39 is 18.0 Å². The molecule has 2 aromatic carbocycles. The van der Waals surface area contributed by atoms with Gasteiger partial charge in [-0.15, -0.1) is 0 Å². The van der Waals surface area contributed by atoms with Crippen LogP contribution in [0.5, 0.6) is 0 Å². The molecule has 1 atom stereocenters. The number of amides is 2. The fourth-order valence-corrected chi connectivity index (χ4v) is 1.98. The van der Waals surface area contributed by atoms with Crippen molar-refractivity contribution in [2.24, 2.45) is 0 Å². The summed E-state index contributed by atoms with van der Waals surface area (Å²) in [6, 6.07) is 11.4. The lowest BCUT2D eigenvalue weighted by molar-refractivity contribution is -0.139. The maximum Gasteiger partial charge on any atom is 0.326 e. The first-order valence-electron chi connectivity index (χ1n) is 6.50. The SMILES string of the molecule is O=C(Nc1ccc2ccccc2c1)N[C@H](CCO)C(=O)O.